The number of ether oxygens (including phenoxy) is 1. The lowest BCUT2D eigenvalue weighted by Gasteiger charge is -2.19. The van der Waals surface area contributed by atoms with E-state index in [1.807, 2.05) is 32.2 Å². The molecule has 0 radical (unpaired) electrons. The number of hydrogen-bond acceptors (Lipinski definition) is 4. The van der Waals surface area contributed by atoms with E-state index in [0.29, 0.717) is 29.3 Å². The second-order valence-corrected chi connectivity index (χ2v) is 6.74. The molecule has 0 fully saturated rings. The summed E-state index contributed by atoms with van der Waals surface area (Å²) in [6.07, 6.45) is 1.80. The highest BCUT2D eigenvalue weighted by molar-refractivity contribution is 7.11. The number of aryl methyl sites for hydroxylation is 1. The number of thiophene rings is 1. The van der Waals surface area contributed by atoms with E-state index in [9.17, 15) is 9.59 Å². The average Bonchev–Trinajstić information content (AvgIpc) is 2.96. The molecule has 0 N–H and O–H groups in total. The molecule has 5 heteroatoms. The van der Waals surface area contributed by atoms with Crippen molar-refractivity contribution < 1.29 is 14.3 Å². The van der Waals surface area contributed by atoms with Crippen LogP contribution in [0.2, 0.25) is 0 Å². The van der Waals surface area contributed by atoms with Gasteiger partial charge in [-0.1, -0.05) is 13.8 Å². The quantitative estimate of drug-likeness (QED) is 0.631. The van der Waals surface area contributed by atoms with Crippen LogP contribution in [0.3, 0.4) is 0 Å². The Morgan fingerprint density at radius 2 is 2.09 bits per heavy atom. The average molecular weight is 319 g/mol. The van der Waals surface area contributed by atoms with Crippen molar-refractivity contribution in [2.45, 2.75) is 27.7 Å². The van der Waals surface area contributed by atoms with E-state index < -0.39 is 5.97 Å². The van der Waals surface area contributed by atoms with Gasteiger partial charge in [0.15, 0.2) is 0 Å². The fourth-order valence-corrected chi connectivity index (χ4v) is 3.34. The van der Waals surface area contributed by atoms with Crippen LogP contribution in [0, 0.1) is 12.8 Å². The Bertz CT molecular complexity index is 667. The Kier molecular flexibility index (Phi) is 4.86. The molecule has 118 valence electrons. The summed E-state index contributed by atoms with van der Waals surface area (Å²) in [4.78, 5) is 27.5. The zero-order valence-corrected chi connectivity index (χ0v) is 14.4. The summed E-state index contributed by atoms with van der Waals surface area (Å²) in [5.41, 5.74) is 2.57. The van der Waals surface area contributed by atoms with Gasteiger partial charge >= 0.3 is 5.97 Å². The molecule has 1 amide bonds. The first-order valence-electron chi connectivity index (χ1n) is 7.24. The van der Waals surface area contributed by atoms with E-state index in [1.54, 1.807) is 29.2 Å². The van der Waals surface area contributed by atoms with Crippen LogP contribution in [0.25, 0.3) is 6.08 Å². The summed E-state index contributed by atoms with van der Waals surface area (Å²) >= 11 is 1.55. The predicted octanol–water partition coefficient (Wildman–Crippen LogP) is 3.39. The number of methoxy groups -OCH3 is 1. The molecule has 2 rings (SSSR count). The summed E-state index contributed by atoms with van der Waals surface area (Å²) < 4.78 is 4.87. The number of hydrogen-bond donors (Lipinski definition) is 0. The van der Waals surface area contributed by atoms with Crippen molar-refractivity contribution in [1.82, 2.24) is 4.90 Å². The van der Waals surface area contributed by atoms with Crippen molar-refractivity contribution in [1.29, 1.82) is 0 Å². The fourth-order valence-electron chi connectivity index (χ4n) is 2.48. The number of allylic oxidation sites excluding steroid dienone is 1. The number of nitrogens with zero attached hydrogens (tertiary/aromatic N) is 1. The smallest absolute Gasteiger partial charge is 0.340 e. The minimum absolute atomic E-state index is 0.126. The van der Waals surface area contributed by atoms with Crippen LogP contribution >= 0.6 is 11.3 Å². The molecule has 0 saturated heterocycles. The number of amides is 1. The van der Waals surface area contributed by atoms with Gasteiger partial charge in [-0.2, -0.15) is 0 Å². The van der Waals surface area contributed by atoms with Crippen LogP contribution in [0.5, 0.6) is 0 Å². The van der Waals surface area contributed by atoms with Crippen molar-refractivity contribution in [3.8, 4) is 0 Å². The van der Waals surface area contributed by atoms with Crippen molar-refractivity contribution in [2.24, 2.45) is 5.92 Å². The maximum atomic E-state index is 12.7. The molecule has 0 atom stereocenters. The Morgan fingerprint density at radius 1 is 1.41 bits per heavy atom. The van der Waals surface area contributed by atoms with Gasteiger partial charge in [-0.15, -0.1) is 11.3 Å². The topological polar surface area (TPSA) is 46.6 Å². The molecular weight excluding hydrogens is 298 g/mol. The van der Waals surface area contributed by atoms with E-state index in [-0.39, 0.29) is 5.91 Å². The van der Waals surface area contributed by atoms with Gasteiger partial charge in [-0.25, -0.2) is 4.79 Å². The second kappa shape index (κ2) is 6.48. The van der Waals surface area contributed by atoms with Crippen molar-refractivity contribution in [3.63, 3.8) is 0 Å². The van der Waals surface area contributed by atoms with E-state index in [0.717, 1.165) is 10.4 Å². The van der Waals surface area contributed by atoms with Crippen LogP contribution < -0.4 is 0 Å². The highest BCUT2D eigenvalue weighted by atomic mass is 32.1. The van der Waals surface area contributed by atoms with Crippen LogP contribution in [0.1, 0.15) is 31.2 Å². The van der Waals surface area contributed by atoms with E-state index in [2.05, 4.69) is 0 Å². The molecule has 4 nitrogen and oxygen atoms in total. The summed E-state index contributed by atoms with van der Waals surface area (Å²) in [6, 6.07) is 2.00. The standard InChI is InChI=1S/C17H21NO3S/c1-10(2)9-18-12(4)15(17(20)21-5)13(16(18)19)8-14-11(3)6-7-22-14/h6-8,10H,9H2,1-5H3/b13-8-. The first-order chi connectivity index (χ1) is 10.4. The molecule has 1 aromatic rings. The molecule has 0 bridgehead atoms. The number of esters is 1. The number of carbonyl (C=O) groups excluding carboxylic acids is 2. The molecule has 1 aliphatic rings. The lowest BCUT2D eigenvalue weighted by atomic mass is 10.1. The summed E-state index contributed by atoms with van der Waals surface area (Å²) in [6.45, 7) is 8.47. The third kappa shape index (κ3) is 2.99. The Morgan fingerprint density at radius 3 is 2.59 bits per heavy atom. The highest BCUT2D eigenvalue weighted by Gasteiger charge is 2.37. The molecule has 22 heavy (non-hydrogen) atoms. The van der Waals surface area contributed by atoms with Crippen LogP contribution in [-0.2, 0) is 14.3 Å². The van der Waals surface area contributed by atoms with Gasteiger partial charge in [-0.3, -0.25) is 4.79 Å². The van der Waals surface area contributed by atoms with Gasteiger partial charge in [0.1, 0.15) is 0 Å². The third-order valence-corrected chi connectivity index (χ3v) is 4.59. The predicted molar refractivity (Wildman–Crippen MR) is 88.3 cm³/mol. The molecule has 0 saturated carbocycles. The molecule has 2 heterocycles. The first-order valence-corrected chi connectivity index (χ1v) is 8.12. The van der Waals surface area contributed by atoms with Gasteiger partial charge in [-0.05, 0) is 42.9 Å². The molecule has 0 aliphatic carbocycles. The monoisotopic (exact) mass is 319 g/mol. The van der Waals surface area contributed by atoms with Gasteiger partial charge in [0.05, 0.1) is 18.3 Å². The molecule has 0 aromatic carbocycles. The van der Waals surface area contributed by atoms with Gasteiger partial charge in [0, 0.05) is 17.1 Å². The van der Waals surface area contributed by atoms with Gasteiger partial charge in [0.25, 0.3) is 5.91 Å². The number of rotatable bonds is 4. The Labute approximate surface area is 135 Å². The third-order valence-electron chi connectivity index (χ3n) is 3.63. The summed E-state index contributed by atoms with van der Waals surface area (Å²) in [5, 5.41) is 1.97. The molecule has 0 unspecified atom stereocenters. The highest BCUT2D eigenvalue weighted by Crippen LogP contribution is 2.33. The zero-order chi connectivity index (χ0) is 16.4. The SMILES string of the molecule is COC(=O)C1=C(C)N(CC(C)C)C(=O)/C1=C\c1sccc1C. The van der Waals surface area contributed by atoms with Crippen molar-refractivity contribution in [3.05, 3.63) is 38.7 Å². The first kappa shape index (κ1) is 16.5. The maximum absolute atomic E-state index is 12.7. The van der Waals surface area contributed by atoms with E-state index >= 15 is 0 Å². The molecule has 0 spiro atoms. The van der Waals surface area contributed by atoms with Crippen LogP contribution in [0.15, 0.2) is 28.3 Å². The largest absolute Gasteiger partial charge is 0.465 e. The van der Waals surface area contributed by atoms with E-state index in [1.165, 1.54) is 7.11 Å². The maximum Gasteiger partial charge on any atom is 0.340 e. The summed E-state index contributed by atoms with van der Waals surface area (Å²) in [5.74, 6) is -0.266. The van der Waals surface area contributed by atoms with Gasteiger partial charge < -0.3 is 9.64 Å². The minimum atomic E-state index is -0.461. The lowest BCUT2D eigenvalue weighted by molar-refractivity contribution is -0.136. The number of carbonyl (C=O) groups is 2. The normalized spacial score (nSPS) is 17.1. The van der Waals surface area contributed by atoms with E-state index in [4.69, 9.17) is 4.74 Å². The Balaban J connectivity index is 2.52. The zero-order valence-electron chi connectivity index (χ0n) is 13.6. The lowest BCUT2D eigenvalue weighted by Crippen LogP contribution is -2.28. The van der Waals surface area contributed by atoms with Crippen LogP contribution in [-0.4, -0.2) is 30.4 Å². The van der Waals surface area contributed by atoms with Gasteiger partial charge in [0.2, 0.25) is 0 Å². The molecular formula is C17H21NO3S. The van der Waals surface area contributed by atoms with Crippen molar-refractivity contribution in [2.75, 3.05) is 13.7 Å². The van der Waals surface area contributed by atoms with Crippen molar-refractivity contribution >= 4 is 29.3 Å². The molecule has 1 aromatic heterocycles. The minimum Gasteiger partial charge on any atom is -0.465 e. The second-order valence-electron chi connectivity index (χ2n) is 5.79. The molecule has 1 aliphatic heterocycles. The Hall–Kier alpha value is -1.88. The summed E-state index contributed by atoms with van der Waals surface area (Å²) in [7, 11) is 1.34. The fraction of sp³-hybridized carbons (Fsp3) is 0.412. The van der Waals surface area contributed by atoms with Crippen LogP contribution in [0.4, 0.5) is 0 Å².